The van der Waals surface area contributed by atoms with E-state index in [0.29, 0.717) is 16.9 Å². The van der Waals surface area contributed by atoms with Crippen molar-refractivity contribution < 1.29 is 13.2 Å². The minimum Gasteiger partial charge on any atom is -0.322 e. The molecule has 0 atom stereocenters. The lowest BCUT2D eigenvalue weighted by Crippen LogP contribution is -2.15. The SMILES string of the molecule is Cc1ccc(S(=O)(=O)Nc2cccc(NC(=O)c3cccc4ncccc34)c2)cc1C. The maximum atomic E-state index is 12.8. The highest BCUT2D eigenvalue weighted by atomic mass is 32.2. The monoisotopic (exact) mass is 431 g/mol. The van der Waals surface area contributed by atoms with Crippen LogP contribution in [0.3, 0.4) is 0 Å². The van der Waals surface area contributed by atoms with Crippen LogP contribution in [0.5, 0.6) is 0 Å². The summed E-state index contributed by atoms with van der Waals surface area (Å²) in [5.41, 5.74) is 3.97. The van der Waals surface area contributed by atoms with Gasteiger partial charge >= 0.3 is 0 Å². The first-order valence-corrected chi connectivity index (χ1v) is 11.2. The third kappa shape index (κ3) is 4.41. The number of nitrogens with zero attached hydrogens (tertiary/aromatic N) is 1. The number of amides is 1. The van der Waals surface area contributed by atoms with Crippen LogP contribution in [0.15, 0.2) is 83.9 Å². The summed E-state index contributed by atoms with van der Waals surface area (Å²) in [5, 5.41) is 3.58. The molecule has 0 radical (unpaired) electrons. The molecule has 4 aromatic rings. The molecule has 1 aromatic heterocycles. The Morgan fingerprint density at radius 1 is 0.839 bits per heavy atom. The molecule has 7 heteroatoms. The van der Waals surface area contributed by atoms with Crippen LogP contribution in [0, 0.1) is 13.8 Å². The summed E-state index contributed by atoms with van der Waals surface area (Å²) < 4.78 is 28.1. The van der Waals surface area contributed by atoms with Crippen LogP contribution in [-0.4, -0.2) is 19.3 Å². The van der Waals surface area contributed by atoms with Gasteiger partial charge in [0.05, 0.1) is 16.1 Å². The first-order chi connectivity index (χ1) is 14.8. The molecule has 3 aromatic carbocycles. The Hall–Kier alpha value is -3.71. The van der Waals surface area contributed by atoms with Gasteiger partial charge in [-0.3, -0.25) is 14.5 Å². The number of sulfonamides is 1. The number of benzene rings is 3. The standard InChI is InChI=1S/C24H21N3O3S/c1-16-11-12-20(14-17(16)2)31(29,30)27-19-7-3-6-18(15-19)26-24(28)22-8-4-10-23-21(22)9-5-13-25-23/h3-15,27H,1-2H3,(H,26,28). The van der Waals surface area contributed by atoms with Crippen molar-refractivity contribution in [2.24, 2.45) is 0 Å². The number of aryl methyl sites for hydroxylation is 2. The number of carbonyl (C=O) groups is 1. The number of nitrogens with one attached hydrogen (secondary N) is 2. The van der Waals surface area contributed by atoms with Crippen LogP contribution in [0.2, 0.25) is 0 Å². The number of hydrogen-bond donors (Lipinski definition) is 2. The second-order valence-electron chi connectivity index (χ2n) is 7.26. The van der Waals surface area contributed by atoms with E-state index in [0.717, 1.165) is 22.0 Å². The Balaban J connectivity index is 1.57. The quantitative estimate of drug-likeness (QED) is 0.470. The molecule has 31 heavy (non-hydrogen) atoms. The minimum atomic E-state index is -3.75. The number of hydrogen-bond acceptors (Lipinski definition) is 4. The number of anilines is 2. The smallest absolute Gasteiger partial charge is 0.261 e. The Morgan fingerprint density at radius 2 is 1.61 bits per heavy atom. The topological polar surface area (TPSA) is 88.2 Å². The molecule has 0 saturated carbocycles. The largest absolute Gasteiger partial charge is 0.322 e. The Labute approximate surface area is 181 Å². The van der Waals surface area contributed by atoms with Crippen molar-refractivity contribution in [3.8, 4) is 0 Å². The molecule has 0 aliphatic heterocycles. The highest BCUT2D eigenvalue weighted by Gasteiger charge is 2.16. The Morgan fingerprint density at radius 3 is 2.42 bits per heavy atom. The van der Waals surface area contributed by atoms with Crippen LogP contribution in [0.25, 0.3) is 10.9 Å². The fourth-order valence-corrected chi connectivity index (χ4v) is 4.39. The van der Waals surface area contributed by atoms with Crippen molar-refractivity contribution in [3.63, 3.8) is 0 Å². The van der Waals surface area contributed by atoms with Crippen LogP contribution < -0.4 is 10.0 Å². The maximum Gasteiger partial charge on any atom is 0.261 e. The number of rotatable bonds is 5. The summed E-state index contributed by atoms with van der Waals surface area (Å²) in [6, 6.07) is 20.6. The predicted octanol–water partition coefficient (Wildman–Crippen LogP) is 4.90. The second-order valence-corrected chi connectivity index (χ2v) is 8.94. The lowest BCUT2D eigenvalue weighted by atomic mass is 10.1. The van der Waals surface area contributed by atoms with Gasteiger partial charge in [0, 0.05) is 22.8 Å². The molecule has 0 aliphatic rings. The molecule has 0 saturated heterocycles. The van der Waals surface area contributed by atoms with Gasteiger partial charge in [0.1, 0.15) is 0 Å². The lowest BCUT2D eigenvalue weighted by Gasteiger charge is -2.12. The minimum absolute atomic E-state index is 0.188. The molecule has 0 fully saturated rings. The highest BCUT2D eigenvalue weighted by molar-refractivity contribution is 7.92. The van der Waals surface area contributed by atoms with E-state index >= 15 is 0 Å². The number of pyridine rings is 1. The average molecular weight is 432 g/mol. The molecular formula is C24H21N3O3S. The molecule has 156 valence electrons. The third-order valence-corrected chi connectivity index (χ3v) is 6.43. The molecule has 0 spiro atoms. The summed E-state index contributed by atoms with van der Waals surface area (Å²) in [6.45, 7) is 3.80. The summed E-state index contributed by atoms with van der Waals surface area (Å²) >= 11 is 0. The van der Waals surface area contributed by atoms with Gasteiger partial charge in [-0.05, 0) is 73.5 Å². The van der Waals surface area contributed by atoms with Crippen molar-refractivity contribution in [1.82, 2.24) is 4.98 Å². The van der Waals surface area contributed by atoms with Gasteiger partial charge in [0.2, 0.25) is 0 Å². The van der Waals surface area contributed by atoms with E-state index in [-0.39, 0.29) is 10.8 Å². The van der Waals surface area contributed by atoms with Gasteiger partial charge < -0.3 is 5.32 Å². The summed E-state index contributed by atoms with van der Waals surface area (Å²) in [4.78, 5) is 17.3. The van der Waals surface area contributed by atoms with E-state index in [1.54, 1.807) is 66.9 Å². The van der Waals surface area contributed by atoms with Crippen molar-refractivity contribution >= 4 is 38.2 Å². The molecular weight excluding hydrogens is 410 g/mol. The van der Waals surface area contributed by atoms with E-state index in [9.17, 15) is 13.2 Å². The van der Waals surface area contributed by atoms with Gasteiger partial charge in [-0.2, -0.15) is 0 Å². The summed E-state index contributed by atoms with van der Waals surface area (Å²) in [7, 11) is -3.75. The lowest BCUT2D eigenvalue weighted by molar-refractivity contribution is 0.102. The van der Waals surface area contributed by atoms with Crippen molar-refractivity contribution in [1.29, 1.82) is 0 Å². The van der Waals surface area contributed by atoms with E-state index < -0.39 is 10.0 Å². The first-order valence-electron chi connectivity index (χ1n) is 9.69. The number of aromatic nitrogens is 1. The fourth-order valence-electron chi connectivity index (χ4n) is 3.26. The van der Waals surface area contributed by atoms with Crippen LogP contribution in [0.1, 0.15) is 21.5 Å². The van der Waals surface area contributed by atoms with E-state index in [2.05, 4.69) is 15.0 Å². The molecule has 1 amide bonds. The number of carbonyl (C=O) groups excluding carboxylic acids is 1. The van der Waals surface area contributed by atoms with Gasteiger partial charge in [-0.15, -0.1) is 0 Å². The van der Waals surface area contributed by atoms with Gasteiger partial charge in [0.25, 0.3) is 15.9 Å². The molecule has 0 bridgehead atoms. The number of fused-ring (bicyclic) bond motifs is 1. The molecule has 4 rings (SSSR count). The maximum absolute atomic E-state index is 12.8. The van der Waals surface area contributed by atoms with E-state index in [1.807, 2.05) is 26.0 Å². The van der Waals surface area contributed by atoms with Crippen molar-refractivity contribution in [3.05, 3.63) is 95.7 Å². The van der Waals surface area contributed by atoms with Gasteiger partial charge in [-0.25, -0.2) is 8.42 Å². The third-order valence-electron chi connectivity index (χ3n) is 5.05. The molecule has 0 aliphatic carbocycles. The zero-order valence-corrected chi connectivity index (χ0v) is 17.9. The first kappa shape index (κ1) is 20.6. The van der Waals surface area contributed by atoms with Crippen LogP contribution in [-0.2, 0) is 10.0 Å². The predicted molar refractivity (Wildman–Crippen MR) is 123 cm³/mol. The fraction of sp³-hybridized carbons (Fsp3) is 0.0833. The second kappa shape index (κ2) is 8.20. The molecule has 1 heterocycles. The summed E-state index contributed by atoms with van der Waals surface area (Å²) in [5.74, 6) is -0.298. The van der Waals surface area contributed by atoms with Crippen molar-refractivity contribution in [2.75, 3.05) is 10.0 Å². The van der Waals surface area contributed by atoms with Gasteiger partial charge in [-0.1, -0.05) is 24.3 Å². The zero-order valence-electron chi connectivity index (χ0n) is 17.1. The Bertz CT molecular complexity index is 1390. The Kier molecular flexibility index (Phi) is 5.44. The normalized spacial score (nSPS) is 11.3. The molecule has 0 unspecified atom stereocenters. The van der Waals surface area contributed by atoms with E-state index in [1.165, 1.54) is 0 Å². The van der Waals surface area contributed by atoms with E-state index in [4.69, 9.17) is 0 Å². The van der Waals surface area contributed by atoms with Crippen LogP contribution >= 0.6 is 0 Å². The summed E-state index contributed by atoms with van der Waals surface area (Å²) in [6.07, 6.45) is 1.68. The van der Waals surface area contributed by atoms with Crippen LogP contribution in [0.4, 0.5) is 11.4 Å². The highest BCUT2D eigenvalue weighted by Crippen LogP contribution is 2.23. The average Bonchev–Trinajstić information content (AvgIpc) is 2.75. The van der Waals surface area contributed by atoms with Crippen molar-refractivity contribution in [2.45, 2.75) is 18.7 Å². The molecule has 6 nitrogen and oxygen atoms in total. The molecule has 2 N–H and O–H groups in total. The zero-order chi connectivity index (χ0) is 22.0. The van der Waals surface area contributed by atoms with Gasteiger partial charge in [0.15, 0.2) is 0 Å².